The molecule has 1 unspecified atom stereocenters. The second-order valence-electron chi connectivity index (χ2n) is 2.15. The van der Waals surface area contributed by atoms with Gasteiger partial charge in [0, 0.05) is 11.3 Å². The molecule has 5 heteroatoms. The molecule has 1 atom stereocenters. The van der Waals surface area contributed by atoms with Crippen molar-refractivity contribution < 1.29 is 17.7 Å². The lowest BCUT2D eigenvalue weighted by atomic mass is 10.3. The van der Waals surface area contributed by atoms with E-state index in [0.717, 1.165) is 0 Å². The van der Waals surface area contributed by atoms with E-state index in [2.05, 4.69) is 6.58 Å². The van der Waals surface area contributed by atoms with Crippen molar-refractivity contribution in [3.63, 3.8) is 0 Å². The van der Waals surface area contributed by atoms with Crippen molar-refractivity contribution in [1.29, 1.82) is 0 Å². The van der Waals surface area contributed by atoms with E-state index >= 15 is 0 Å². The van der Waals surface area contributed by atoms with Crippen LogP contribution in [0.1, 0.15) is 6.42 Å². The zero-order valence-corrected chi connectivity index (χ0v) is 6.06. The second kappa shape index (κ2) is 2.34. The molecule has 58 valence electrons. The Balaban J connectivity index is 2.48. The van der Waals surface area contributed by atoms with Gasteiger partial charge in [-0.2, -0.15) is 0 Å². The van der Waals surface area contributed by atoms with Crippen molar-refractivity contribution in [2.24, 2.45) is 0 Å². The monoisotopic (exact) mass is 163 g/mol. The van der Waals surface area contributed by atoms with E-state index in [1.165, 1.54) is 0 Å². The molecule has 0 aliphatic carbocycles. The third-order valence-electron chi connectivity index (χ3n) is 1.21. The topological polar surface area (TPSA) is 69.7 Å². The zero-order valence-electron chi connectivity index (χ0n) is 5.24. The molecule has 1 aliphatic rings. The standard InChI is InChI=1S/C5H8O4S/c1-4(10(6,7)8)2-5-3-9-5/h5H,1-3H2,(H,6,7,8)/p-1. The van der Waals surface area contributed by atoms with Crippen LogP contribution in [0.4, 0.5) is 0 Å². The first kappa shape index (κ1) is 7.71. The van der Waals surface area contributed by atoms with Crippen LogP contribution in [0.5, 0.6) is 0 Å². The highest BCUT2D eigenvalue weighted by molar-refractivity contribution is 7.89. The van der Waals surface area contributed by atoms with Crippen LogP contribution in [0.25, 0.3) is 0 Å². The largest absolute Gasteiger partial charge is 0.744 e. The summed E-state index contributed by atoms with van der Waals surface area (Å²) in [5.41, 5.74) is 0. The van der Waals surface area contributed by atoms with E-state index in [4.69, 9.17) is 4.74 Å². The maximum absolute atomic E-state index is 10.2. The van der Waals surface area contributed by atoms with Gasteiger partial charge < -0.3 is 9.29 Å². The number of rotatable bonds is 3. The van der Waals surface area contributed by atoms with Gasteiger partial charge in [-0.1, -0.05) is 6.58 Å². The highest BCUT2D eigenvalue weighted by Gasteiger charge is 2.24. The van der Waals surface area contributed by atoms with Gasteiger partial charge in [0.15, 0.2) is 0 Å². The zero-order chi connectivity index (χ0) is 7.78. The predicted octanol–water partition coefficient (Wildman–Crippen LogP) is -0.166. The van der Waals surface area contributed by atoms with Gasteiger partial charge in [0.05, 0.1) is 12.7 Å². The van der Waals surface area contributed by atoms with Crippen LogP contribution < -0.4 is 0 Å². The van der Waals surface area contributed by atoms with Gasteiger partial charge in [-0.15, -0.1) is 0 Å². The van der Waals surface area contributed by atoms with Crippen molar-refractivity contribution in [2.75, 3.05) is 6.61 Å². The predicted molar refractivity (Wildman–Crippen MR) is 33.2 cm³/mol. The number of ether oxygens (including phenoxy) is 1. The van der Waals surface area contributed by atoms with Crippen LogP contribution in [0.2, 0.25) is 0 Å². The summed E-state index contributed by atoms with van der Waals surface area (Å²) in [7, 11) is -4.28. The molecule has 4 nitrogen and oxygen atoms in total. The Morgan fingerprint density at radius 1 is 1.80 bits per heavy atom. The minimum atomic E-state index is -4.28. The first-order valence-electron chi connectivity index (χ1n) is 2.75. The van der Waals surface area contributed by atoms with Gasteiger partial charge >= 0.3 is 0 Å². The Bertz CT molecular complexity index is 236. The summed E-state index contributed by atoms with van der Waals surface area (Å²) < 4.78 is 35.3. The van der Waals surface area contributed by atoms with Crippen molar-refractivity contribution >= 4 is 10.1 Å². The van der Waals surface area contributed by atoms with Crippen LogP contribution in [-0.2, 0) is 14.9 Å². The first-order valence-corrected chi connectivity index (χ1v) is 4.16. The van der Waals surface area contributed by atoms with Crippen LogP contribution in [0.15, 0.2) is 11.5 Å². The molecular weight excluding hydrogens is 156 g/mol. The second-order valence-corrected chi connectivity index (χ2v) is 3.64. The molecular formula is C5H7O4S-. The molecule has 0 aromatic rings. The number of hydrogen-bond donors (Lipinski definition) is 0. The fourth-order valence-electron chi connectivity index (χ4n) is 0.542. The van der Waals surface area contributed by atoms with Crippen LogP contribution in [0.3, 0.4) is 0 Å². The Hall–Kier alpha value is -0.390. The van der Waals surface area contributed by atoms with Gasteiger partial charge in [0.1, 0.15) is 10.1 Å². The van der Waals surface area contributed by atoms with Crippen LogP contribution in [-0.4, -0.2) is 25.7 Å². The molecule has 0 aromatic carbocycles. The molecule has 0 aromatic heterocycles. The van der Waals surface area contributed by atoms with E-state index in [1.807, 2.05) is 0 Å². The normalized spacial score (nSPS) is 24.3. The van der Waals surface area contributed by atoms with Gasteiger partial charge in [-0.3, -0.25) is 0 Å². The van der Waals surface area contributed by atoms with E-state index in [9.17, 15) is 13.0 Å². The average molecular weight is 163 g/mol. The molecule has 0 spiro atoms. The quantitative estimate of drug-likeness (QED) is 0.428. The van der Waals surface area contributed by atoms with Crippen LogP contribution in [0, 0.1) is 0 Å². The third-order valence-corrected chi connectivity index (χ3v) is 2.09. The summed E-state index contributed by atoms with van der Waals surface area (Å²) in [5, 5.41) is 0. The molecule has 0 saturated carbocycles. The lowest BCUT2D eigenvalue weighted by Gasteiger charge is -2.07. The molecule has 0 N–H and O–H groups in total. The summed E-state index contributed by atoms with van der Waals surface area (Å²) in [5.74, 6) is 0. The Labute approximate surface area is 59.2 Å². The minimum Gasteiger partial charge on any atom is -0.744 e. The summed E-state index contributed by atoms with van der Waals surface area (Å²) in [4.78, 5) is -0.282. The van der Waals surface area contributed by atoms with Gasteiger partial charge in [0.2, 0.25) is 0 Å². The molecule has 1 heterocycles. The molecule has 1 aliphatic heterocycles. The summed E-state index contributed by atoms with van der Waals surface area (Å²) in [6.45, 7) is 3.66. The van der Waals surface area contributed by atoms with Crippen molar-refractivity contribution in [3.8, 4) is 0 Å². The molecule has 0 radical (unpaired) electrons. The molecule has 1 rings (SSSR count). The maximum Gasteiger partial charge on any atom is 0.120 e. The molecule has 1 fully saturated rings. The lowest BCUT2D eigenvalue weighted by Crippen LogP contribution is -2.03. The summed E-state index contributed by atoms with van der Waals surface area (Å²) >= 11 is 0. The fourth-order valence-corrected chi connectivity index (χ4v) is 0.932. The first-order chi connectivity index (χ1) is 4.50. The molecule has 0 bridgehead atoms. The third kappa shape index (κ3) is 2.09. The fraction of sp³-hybridized carbons (Fsp3) is 0.600. The summed E-state index contributed by atoms with van der Waals surface area (Å²) in [6, 6.07) is 0. The number of epoxide rings is 1. The Kier molecular flexibility index (Phi) is 1.80. The molecule has 1 saturated heterocycles. The van der Waals surface area contributed by atoms with Crippen molar-refractivity contribution in [2.45, 2.75) is 12.5 Å². The SMILES string of the molecule is C=C(CC1CO1)S(=O)(=O)[O-]. The van der Waals surface area contributed by atoms with Gasteiger partial charge in [-0.05, 0) is 0 Å². The van der Waals surface area contributed by atoms with E-state index in [1.54, 1.807) is 0 Å². The van der Waals surface area contributed by atoms with E-state index in [0.29, 0.717) is 6.61 Å². The minimum absolute atomic E-state index is 0.0868. The van der Waals surface area contributed by atoms with E-state index < -0.39 is 10.1 Å². The Morgan fingerprint density at radius 2 is 2.30 bits per heavy atom. The smallest absolute Gasteiger partial charge is 0.120 e. The van der Waals surface area contributed by atoms with Gasteiger partial charge in [0.25, 0.3) is 0 Å². The van der Waals surface area contributed by atoms with Crippen molar-refractivity contribution in [1.82, 2.24) is 0 Å². The Morgan fingerprint density at radius 3 is 2.60 bits per heavy atom. The molecule has 10 heavy (non-hydrogen) atoms. The lowest BCUT2D eigenvalue weighted by molar-refractivity contribution is 0.406. The van der Waals surface area contributed by atoms with Gasteiger partial charge in [-0.25, -0.2) is 8.42 Å². The van der Waals surface area contributed by atoms with Crippen molar-refractivity contribution in [3.05, 3.63) is 11.5 Å². The average Bonchev–Trinajstić information content (AvgIpc) is 2.47. The highest BCUT2D eigenvalue weighted by atomic mass is 32.2. The maximum atomic E-state index is 10.2. The highest BCUT2D eigenvalue weighted by Crippen LogP contribution is 2.20. The number of hydrogen-bond acceptors (Lipinski definition) is 4. The summed E-state index contributed by atoms with van der Waals surface area (Å²) in [6.07, 6.45) is 0.0578. The van der Waals surface area contributed by atoms with E-state index in [-0.39, 0.29) is 17.4 Å². The molecule has 0 amide bonds. The van der Waals surface area contributed by atoms with Crippen LogP contribution >= 0.6 is 0 Å².